The van der Waals surface area contributed by atoms with Crippen molar-refractivity contribution in [2.75, 3.05) is 25.0 Å². The largest absolute Gasteiger partial charge is 0.481 e. The number of carbonyl (C=O) groups is 2. The highest BCUT2D eigenvalue weighted by Crippen LogP contribution is 2.16. The van der Waals surface area contributed by atoms with E-state index in [0.29, 0.717) is 19.4 Å². The van der Waals surface area contributed by atoms with E-state index in [2.05, 4.69) is 5.32 Å². The zero-order valence-electron chi connectivity index (χ0n) is 11.8. The predicted octanol–water partition coefficient (Wildman–Crippen LogP) is 1.88. The zero-order chi connectivity index (χ0) is 14.8. The van der Waals surface area contributed by atoms with Crippen molar-refractivity contribution in [1.29, 1.82) is 0 Å². The molecule has 0 spiro atoms. The van der Waals surface area contributed by atoms with Gasteiger partial charge in [0.05, 0.1) is 0 Å². The molecule has 1 amide bonds. The second-order valence-electron chi connectivity index (χ2n) is 4.59. The molecule has 0 heterocycles. The van der Waals surface area contributed by atoms with Gasteiger partial charge in [0.15, 0.2) is 0 Å². The summed E-state index contributed by atoms with van der Waals surface area (Å²) in [6, 6.07) is 9.39. The van der Waals surface area contributed by atoms with Crippen molar-refractivity contribution in [3.8, 4) is 0 Å². The van der Waals surface area contributed by atoms with Crippen molar-refractivity contribution < 1.29 is 14.7 Å². The smallest absolute Gasteiger partial charge is 0.303 e. The third kappa shape index (κ3) is 5.84. The Morgan fingerprint density at radius 1 is 1.15 bits per heavy atom. The summed E-state index contributed by atoms with van der Waals surface area (Å²) in [5, 5.41) is 11.7. The van der Waals surface area contributed by atoms with Crippen LogP contribution in [0, 0.1) is 0 Å². The van der Waals surface area contributed by atoms with Gasteiger partial charge in [-0.1, -0.05) is 18.2 Å². The van der Waals surface area contributed by atoms with Crippen molar-refractivity contribution in [2.45, 2.75) is 25.7 Å². The number of anilines is 1. The van der Waals surface area contributed by atoms with Crippen LogP contribution >= 0.6 is 0 Å². The van der Waals surface area contributed by atoms with Gasteiger partial charge in [0, 0.05) is 25.1 Å². The molecule has 0 bridgehead atoms. The molecule has 1 rings (SSSR count). The molecule has 20 heavy (non-hydrogen) atoms. The molecule has 110 valence electrons. The third-order valence-electron chi connectivity index (χ3n) is 2.96. The molecule has 5 nitrogen and oxygen atoms in total. The minimum atomic E-state index is -0.833. The quantitative estimate of drug-likeness (QED) is 0.677. The topological polar surface area (TPSA) is 69.6 Å². The molecule has 0 saturated heterocycles. The molecule has 1 aromatic rings. The van der Waals surface area contributed by atoms with Gasteiger partial charge in [-0.15, -0.1) is 0 Å². The number of nitrogens with one attached hydrogen (secondary N) is 1. The molecule has 0 aliphatic rings. The Labute approximate surface area is 119 Å². The summed E-state index contributed by atoms with van der Waals surface area (Å²) in [5.74, 6) is -0.794. The van der Waals surface area contributed by atoms with Crippen molar-refractivity contribution in [1.82, 2.24) is 5.32 Å². The van der Waals surface area contributed by atoms with Gasteiger partial charge in [0.1, 0.15) is 0 Å². The number of nitrogens with zero attached hydrogens (tertiary/aromatic N) is 1. The van der Waals surface area contributed by atoms with Crippen LogP contribution in [0.25, 0.3) is 0 Å². The van der Waals surface area contributed by atoms with E-state index in [1.54, 1.807) is 4.90 Å². The van der Waals surface area contributed by atoms with Gasteiger partial charge in [-0.05, 0) is 38.6 Å². The number of para-hydroxylation sites is 1. The number of carboxylic acids is 1. The molecule has 0 radical (unpaired) electrons. The van der Waals surface area contributed by atoms with Gasteiger partial charge in [0.25, 0.3) is 0 Å². The van der Waals surface area contributed by atoms with Gasteiger partial charge in [0.2, 0.25) is 5.91 Å². The Kier molecular flexibility index (Phi) is 7.35. The van der Waals surface area contributed by atoms with Gasteiger partial charge in [-0.2, -0.15) is 0 Å². The first kappa shape index (κ1) is 16.2. The van der Waals surface area contributed by atoms with E-state index in [1.165, 1.54) is 0 Å². The lowest BCUT2D eigenvalue weighted by Gasteiger charge is -2.22. The van der Waals surface area contributed by atoms with Crippen LogP contribution in [0.3, 0.4) is 0 Å². The minimum Gasteiger partial charge on any atom is -0.481 e. The Bertz CT molecular complexity index is 420. The fourth-order valence-corrected chi connectivity index (χ4v) is 1.95. The summed E-state index contributed by atoms with van der Waals surface area (Å²) in [6.45, 7) is 1.23. The maximum absolute atomic E-state index is 12.2. The van der Waals surface area contributed by atoms with Crippen molar-refractivity contribution in [2.24, 2.45) is 0 Å². The fourth-order valence-electron chi connectivity index (χ4n) is 1.95. The first-order valence-corrected chi connectivity index (χ1v) is 6.87. The molecular formula is C15H22N2O3. The Morgan fingerprint density at radius 2 is 1.85 bits per heavy atom. The molecule has 2 N–H and O–H groups in total. The molecule has 0 aliphatic heterocycles. The van der Waals surface area contributed by atoms with E-state index in [9.17, 15) is 9.59 Å². The molecule has 0 aliphatic carbocycles. The lowest BCUT2D eigenvalue weighted by molar-refractivity contribution is -0.137. The molecule has 0 fully saturated rings. The fraction of sp³-hybridized carbons (Fsp3) is 0.467. The maximum atomic E-state index is 12.2. The van der Waals surface area contributed by atoms with Crippen LogP contribution in [0.2, 0.25) is 0 Å². The highest BCUT2D eigenvalue weighted by Gasteiger charge is 2.15. The molecule has 0 atom stereocenters. The number of benzene rings is 1. The average Bonchev–Trinajstić information content (AvgIpc) is 2.44. The minimum absolute atomic E-state index is 0.0387. The van der Waals surface area contributed by atoms with Crippen LogP contribution in [0.4, 0.5) is 5.69 Å². The van der Waals surface area contributed by atoms with E-state index in [4.69, 9.17) is 5.11 Å². The summed E-state index contributed by atoms with van der Waals surface area (Å²) < 4.78 is 0. The van der Waals surface area contributed by atoms with Crippen molar-refractivity contribution in [3.05, 3.63) is 30.3 Å². The van der Waals surface area contributed by atoms with E-state index in [1.807, 2.05) is 37.4 Å². The van der Waals surface area contributed by atoms with E-state index in [0.717, 1.165) is 18.7 Å². The lowest BCUT2D eigenvalue weighted by atomic mass is 10.2. The number of rotatable bonds is 9. The molecule has 0 aromatic heterocycles. The number of aliphatic carboxylic acids is 1. The molecule has 1 aromatic carbocycles. The van der Waals surface area contributed by atoms with Crippen LogP contribution in [0.15, 0.2) is 30.3 Å². The second-order valence-corrected chi connectivity index (χ2v) is 4.59. The maximum Gasteiger partial charge on any atom is 0.303 e. The highest BCUT2D eigenvalue weighted by atomic mass is 16.4. The van der Waals surface area contributed by atoms with Crippen LogP contribution < -0.4 is 10.2 Å². The first-order valence-electron chi connectivity index (χ1n) is 6.87. The third-order valence-corrected chi connectivity index (χ3v) is 2.96. The summed E-state index contributed by atoms with van der Waals surface area (Å²) in [4.78, 5) is 24.5. The summed E-state index contributed by atoms with van der Waals surface area (Å²) >= 11 is 0. The van der Waals surface area contributed by atoms with Crippen LogP contribution in [-0.2, 0) is 9.59 Å². The van der Waals surface area contributed by atoms with Gasteiger partial charge < -0.3 is 15.3 Å². The summed E-state index contributed by atoms with van der Waals surface area (Å²) in [5.41, 5.74) is 0.826. The van der Waals surface area contributed by atoms with Crippen molar-refractivity contribution >= 4 is 17.6 Å². The normalized spacial score (nSPS) is 10.2. The number of amides is 1. The Hall–Kier alpha value is -1.88. The van der Waals surface area contributed by atoms with Crippen LogP contribution in [0.1, 0.15) is 25.7 Å². The molecule has 0 saturated carbocycles. The standard InChI is InChI=1S/C15H22N2O3/c1-16-11-5-9-14(18)17(12-6-10-15(19)20)13-7-3-2-4-8-13/h2-4,7-8,16H,5-6,9-12H2,1H3,(H,19,20). The van der Waals surface area contributed by atoms with E-state index >= 15 is 0 Å². The van der Waals surface area contributed by atoms with Crippen LogP contribution in [0.5, 0.6) is 0 Å². The molecule has 0 unspecified atom stereocenters. The van der Waals surface area contributed by atoms with Crippen molar-refractivity contribution in [3.63, 3.8) is 0 Å². The summed E-state index contributed by atoms with van der Waals surface area (Å²) in [7, 11) is 1.85. The number of hydrogen-bond acceptors (Lipinski definition) is 3. The Morgan fingerprint density at radius 3 is 2.45 bits per heavy atom. The van der Waals surface area contributed by atoms with Crippen LogP contribution in [-0.4, -0.2) is 37.1 Å². The molecule has 5 heteroatoms. The molecular weight excluding hydrogens is 256 g/mol. The lowest BCUT2D eigenvalue weighted by Crippen LogP contribution is -2.32. The monoisotopic (exact) mass is 278 g/mol. The summed E-state index contributed by atoms with van der Waals surface area (Å²) in [6.07, 6.45) is 1.77. The first-order chi connectivity index (χ1) is 9.65. The van der Waals surface area contributed by atoms with E-state index < -0.39 is 5.97 Å². The van der Waals surface area contributed by atoms with Gasteiger partial charge >= 0.3 is 5.97 Å². The second kappa shape index (κ2) is 9.09. The van der Waals surface area contributed by atoms with Gasteiger partial charge in [-0.3, -0.25) is 9.59 Å². The number of carboxylic acid groups (broad SMARTS) is 1. The number of carbonyl (C=O) groups excluding carboxylic acids is 1. The highest BCUT2D eigenvalue weighted by molar-refractivity contribution is 5.93. The van der Waals surface area contributed by atoms with Gasteiger partial charge in [-0.25, -0.2) is 0 Å². The Balaban J connectivity index is 2.63. The average molecular weight is 278 g/mol. The zero-order valence-corrected chi connectivity index (χ0v) is 11.8. The SMILES string of the molecule is CNCCCC(=O)N(CCCC(=O)O)c1ccccc1. The predicted molar refractivity (Wildman–Crippen MR) is 78.8 cm³/mol. The number of hydrogen-bond donors (Lipinski definition) is 2. The van der Waals surface area contributed by atoms with E-state index in [-0.39, 0.29) is 12.3 Å².